The average Bonchev–Trinajstić information content (AvgIpc) is 2.24. The summed E-state index contributed by atoms with van der Waals surface area (Å²) < 4.78 is 12.2. The highest BCUT2D eigenvalue weighted by Gasteiger charge is 2.34. The van der Waals surface area contributed by atoms with Crippen LogP contribution < -0.4 is 5.73 Å². The van der Waals surface area contributed by atoms with E-state index in [0.29, 0.717) is 19.6 Å². The Balaban J connectivity index is 4.47. The summed E-state index contributed by atoms with van der Waals surface area (Å²) in [6.07, 6.45) is 3.33. The fourth-order valence-electron chi connectivity index (χ4n) is 2.97. The molecule has 0 fully saturated rings. The van der Waals surface area contributed by atoms with Gasteiger partial charge < -0.3 is 20.0 Å². The van der Waals surface area contributed by atoms with E-state index in [-0.39, 0.29) is 22.2 Å². The van der Waals surface area contributed by atoms with Gasteiger partial charge in [-0.15, -0.1) is 0 Å². The monoisotopic (exact) mass is 315 g/mol. The second kappa shape index (κ2) is 7.89. The second-order valence-electron chi connectivity index (χ2n) is 8.80. The number of carbonyl (C=O) groups excluding carboxylic acids is 1. The quantitative estimate of drug-likeness (QED) is 0.590. The highest BCUT2D eigenvalue weighted by molar-refractivity contribution is 5.58. The molecule has 0 atom stereocenters. The van der Waals surface area contributed by atoms with E-state index in [9.17, 15) is 4.79 Å². The molecule has 132 valence electrons. The topological polar surface area (TPSA) is 61.5 Å². The maximum Gasteiger partial charge on any atom is 0.125 e. The predicted molar refractivity (Wildman–Crippen MR) is 92.0 cm³/mol. The van der Waals surface area contributed by atoms with E-state index in [4.69, 9.17) is 15.2 Å². The van der Waals surface area contributed by atoms with Crippen LogP contribution in [0.25, 0.3) is 0 Å². The first-order chi connectivity index (χ1) is 9.74. The third-order valence-corrected chi connectivity index (χ3v) is 3.70. The Morgan fingerprint density at radius 1 is 0.864 bits per heavy atom. The van der Waals surface area contributed by atoms with Crippen molar-refractivity contribution in [2.75, 3.05) is 13.2 Å². The summed E-state index contributed by atoms with van der Waals surface area (Å²) >= 11 is 0. The summed E-state index contributed by atoms with van der Waals surface area (Å²) in [5.74, 6) is 0. The van der Waals surface area contributed by atoms with Gasteiger partial charge in [0.2, 0.25) is 0 Å². The van der Waals surface area contributed by atoms with Crippen LogP contribution in [0.3, 0.4) is 0 Å². The lowest BCUT2D eigenvalue weighted by molar-refractivity contribution is -0.154. The van der Waals surface area contributed by atoms with Gasteiger partial charge in [-0.2, -0.15) is 0 Å². The van der Waals surface area contributed by atoms with E-state index in [0.717, 1.165) is 19.1 Å². The molecule has 0 heterocycles. The summed E-state index contributed by atoms with van der Waals surface area (Å²) in [6.45, 7) is 17.5. The minimum Gasteiger partial charge on any atom is -0.375 e. The number of nitrogens with two attached hydrogens (primary N) is 1. The number of ether oxygens (including phenoxy) is 2. The molecule has 0 amide bonds. The summed E-state index contributed by atoms with van der Waals surface area (Å²) in [5.41, 5.74) is 4.36. The molecule has 0 unspecified atom stereocenters. The molecule has 0 aromatic heterocycles. The highest BCUT2D eigenvalue weighted by atomic mass is 16.5. The smallest absolute Gasteiger partial charge is 0.125 e. The van der Waals surface area contributed by atoms with Gasteiger partial charge in [0.15, 0.2) is 0 Å². The van der Waals surface area contributed by atoms with Gasteiger partial charge in [0.05, 0.1) is 23.4 Å². The maximum atomic E-state index is 11.1. The normalized spacial score (nSPS) is 14.2. The van der Waals surface area contributed by atoms with Crippen LogP contribution in [0.4, 0.5) is 0 Å². The average molecular weight is 315 g/mol. The van der Waals surface area contributed by atoms with Gasteiger partial charge >= 0.3 is 0 Å². The van der Waals surface area contributed by atoms with E-state index in [2.05, 4.69) is 27.7 Å². The van der Waals surface area contributed by atoms with Crippen molar-refractivity contribution in [2.24, 2.45) is 11.1 Å². The zero-order chi connectivity index (χ0) is 17.7. The van der Waals surface area contributed by atoms with Gasteiger partial charge in [-0.3, -0.25) is 0 Å². The van der Waals surface area contributed by atoms with E-state index in [1.54, 1.807) is 0 Å². The molecule has 0 aromatic carbocycles. The van der Waals surface area contributed by atoms with Gasteiger partial charge in [0, 0.05) is 5.41 Å². The standard InChI is InChI=1S/C18H37NO3/c1-15(2,14-20)13-18(7,8)22-17(5,6)10-12-21-16(3,4)9-11-19/h14H,9-13,19H2,1-8H3. The molecule has 0 aliphatic carbocycles. The van der Waals surface area contributed by atoms with Crippen LogP contribution in [0.5, 0.6) is 0 Å². The molecular weight excluding hydrogens is 278 g/mol. The van der Waals surface area contributed by atoms with Gasteiger partial charge in [0.1, 0.15) is 6.29 Å². The lowest BCUT2D eigenvalue weighted by Crippen LogP contribution is -2.41. The molecule has 4 heteroatoms. The van der Waals surface area contributed by atoms with Gasteiger partial charge in [-0.25, -0.2) is 0 Å². The predicted octanol–water partition coefficient (Wildman–Crippen LogP) is 3.71. The first-order valence-electron chi connectivity index (χ1n) is 8.25. The minimum absolute atomic E-state index is 0.195. The van der Waals surface area contributed by atoms with Crippen LogP contribution >= 0.6 is 0 Å². The van der Waals surface area contributed by atoms with Crippen molar-refractivity contribution in [1.82, 2.24) is 0 Å². The molecule has 4 nitrogen and oxygen atoms in total. The largest absolute Gasteiger partial charge is 0.375 e. The second-order valence-corrected chi connectivity index (χ2v) is 8.80. The van der Waals surface area contributed by atoms with Crippen LogP contribution in [0.15, 0.2) is 0 Å². The molecule has 0 radical (unpaired) electrons. The lowest BCUT2D eigenvalue weighted by atomic mass is 9.82. The third kappa shape index (κ3) is 9.54. The van der Waals surface area contributed by atoms with Crippen LogP contribution in [-0.4, -0.2) is 36.2 Å². The van der Waals surface area contributed by atoms with E-state index < -0.39 is 0 Å². The maximum absolute atomic E-state index is 11.1. The molecule has 0 rings (SSSR count). The Morgan fingerprint density at radius 3 is 1.86 bits per heavy atom. The number of rotatable bonds is 11. The molecule has 0 aliphatic heterocycles. The van der Waals surface area contributed by atoms with Crippen LogP contribution in [0.1, 0.15) is 74.7 Å². The Labute approximate surface area is 137 Å². The highest BCUT2D eigenvalue weighted by Crippen LogP contribution is 2.33. The molecule has 0 saturated heterocycles. The van der Waals surface area contributed by atoms with Crippen molar-refractivity contribution in [3.05, 3.63) is 0 Å². The molecule has 0 spiro atoms. The molecule has 0 aromatic rings. The van der Waals surface area contributed by atoms with E-state index in [1.165, 1.54) is 0 Å². The Kier molecular flexibility index (Phi) is 7.73. The summed E-state index contributed by atoms with van der Waals surface area (Å²) in [6, 6.07) is 0. The zero-order valence-electron chi connectivity index (χ0n) is 15.9. The summed E-state index contributed by atoms with van der Waals surface area (Å²) in [7, 11) is 0. The number of hydrogen-bond donors (Lipinski definition) is 1. The van der Waals surface area contributed by atoms with Crippen molar-refractivity contribution >= 4 is 6.29 Å². The summed E-state index contributed by atoms with van der Waals surface area (Å²) in [4.78, 5) is 11.1. The Morgan fingerprint density at radius 2 is 1.41 bits per heavy atom. The van der Waals surface area contributed by atoms with Gasteiger partial charge in [-0.1, -0.05) is 13.8 Å². The van der Waals surface area contributed by atoms with Crippen molar-refractivity contribution < 1.29 is 14.3 Å². The molecular formula is C18H37NO3. The molecule has 2 N–H and O–H groups in total. The minimum atomic E-state index is -0.376. The number of hydrogen-bond acceptors (Lipinski definition) is 4. The van der Waals surface area contributed by atoms with Crippen LogP contribution in [0.2, 0.25) is 0 Å². The SMILES string of the molecule is CC(C)(C=O)CC(C)(C)OC(C)(C)CCOC(C)(C)CCN. The number of aldehydes is 1. The third-order valence-electron chi connectivity index (χ3n) is 3.70. The number of carbonyl (C=O) groups is 1. The zero-order valence-corrected chi connectivity index (χ0v) is 15.9. The molecule has 0 aliphatic rings. The van der Waals surface area contributed by atoms with Crippen LogP contribution in [0, 0.1) is 5.41 Å². The Bertz CT molecular complexity index is 346. The van der Waals surface area contributed by atoms with Gasteiger partial charge in [-0.05, 0) is 67.3 Å². The van der Waals surface area contributed by atoms with Crippen LogP contribution in [-0.2, 0) is 14.3 Å². The Hall–Kier alpha value is -0.450. The lowest BCUT2D eigenvalue weighted by Gasteiger charge is -2.39. The molecule has 0 bridgehead atoms. The van der Waals surface area contributed by atoms with Crippen molar-refractivity contribution in [1.29, 1.82) is 0 Å². The first-order valence-corrected chi connectivity index (χ1v) is 8.25. The first kappa shape index (κ1) is 21.6. The van der Waals surface area contributed by atoms with Gasteiger partial charge in [0.25, 0.3) is 0 Å². The van der Waals surface area contributed by atoms with Crippen molar-refractivity contribution in [3.8, 4) is 0 Å². The van der Waals surface area contributed by atoms with E-state index in [1.807, 2.05) is 27.7 Å². The van der Waals surface area contributed by atoms with Crippen molar-refractivity contribution in [3.63, 3.8) is 0 Å². The fourth-order valence-corrected chi connectivity index (χ4v) is 2.97. The fraction of sp³-hybridized carbons (Fsp3) is 0.944. The molecule has 22 heavy (non-hydrogen) atoms. The van der Waals surface area contributed by atoms with Crippen molar-refractivity contribution in [2.45, 2.75) is 91.5 Å². The summed E-state index contributed by atoms with van der Waals surface area (Å²) in [5, 5.41) is 0. The van der Waals surface area contributed by atoms with E-state index >= 15 is 0 Å². The molecule has 0 saturated carbocycles.